The molecular formula is C19H23N3O2. The third kappa shape index (κ3) is 3.30. The lowest BCUT2D eigenvalue weighted by atomic mass is 9.79. The van der Waals surface area contributed by atoms with Crippen molar-refractivity contribution in [3.8, 4) is 0 Å². The summed E-state index contributed by atoms with van der Waals surface area (Å²) in [5.41, 5.74) is 1.82. The molecule has 0 N–H and O–H groups in total. The molecule has 1 aliphatic carbocycles. The van der Waals surface area contributed by atoms with Crippen molar-refractivity contribution in [2.24, 2.45) is 11.8 Å². The first-order valence-electron chi connectivity index (χ1n) is 8.44. The molecule has 3 rings (SSSR count). The van der Waals surface area contributed by atoms with Gasteiger partial charge in [0.2, 0.25) is 5.91 Å². The lowest BCUT2D eigenvalue weighted by molar-refractivity contribution is -0.139. The van der Waals surface area contributed by atoms with E-state index in [2.05, 4.69) is 9.97 Å². The SMILES string of the molecule is Cc1nc(CN(C)C(=O)[C@H]2CCC(=O)C[C@@H]2C)nc2ccccc12. The average molecular weight is 325 g/mol. The summed E-state index contributed by atoms with van der Waals surface area (Å²) in [7, 11) is 1.79. The number of aryl methyl sites for hydroxylation is 1. The average Bonchev–Trinajstić information content (AvgIpc) is 2.54. The van der Waals surface area contributed by atoms with Crippen LogP contribution >= 0.6 is 0 Å². The first-order valence-corrected chi connectivity index (χ1v) is 8.44. The summed E-state index contributed by atoms with van der Waals surface area (Å²) in [6.07, 6.45) is 1.68. The number of nitrogens with zero attached hydrogens (tertiary/aromatic N) is 3. The highest BCUT2D eigenvalue weighted by Crippen LogP contribution is 2.29. The molecule has 1 amide bonds. The highest BCUT2D eigenvalue weighted by Gasteiger charge is 2.33. The molecule has 1 saturated carbocycles. The van der Waals surface area contributed by atoms with Crippen molar-refractivity contribution in [2.75, 3.05) is 7.05 Å². The lowest BCUT2D eigenvalue weighted by Crippen LogP contribution is -2.38. The zero-order valence-corrected chi connectivity index (χ0v) is 14.5. The minimum Gasteiger partial charge on any atom is -0.338 e. The van der Waals surface area contributed by atoms with Crippen LogP contribution in [-0.4, -0.2) is 33.6 Å². The monoisotopic (exact) mass is 325 g/mol. The summed E-state index contributed by atoms with van der Waals surface area (Å²) < 4.78 is 0. The molecule has 0 spiro atoms. The number of para-hydroxylation sites is 1. The Hall–Kier alpha value is -2.30. The first kappa shape index (κ1) is 16.6. The van der Waals surface area contributed by atoms with Gasteiger partial charge < -0.3 is 4.90 Å². The van der Waals surface area contributed by atoms with Gasteiger partial charge in [0.1, 0.15) is 11.6 Å². The number of rotatable bonds is 3. The third-order valence-corrected chi connectivity index (χ3v) is 4.88. The van der Waals surface area contributed by atoms with E-state index in [-0.39, 0.29) is 23.5 Å². The Morgan fingerprint density at radius 2 is 2.04 bits per heavy atom. The number of amides is 1. The normalized spacial score (nSPS) is 21.0. The number of Topliss-reactive ketones (excluding diaryl/α,β-unsaturated/α-hetero) is 1. The van der Waals surface area contributed by atoms with Crippen molar-refractivity contribution < 1.29 is 9.59 Å². The smallest absolute Gasteiger partial charge is 0.226 e. The number of fused-ring (bicyclic) bond motifs is 1. The van der Waals surface area contributed by atoms with Crippen LogP contribution in [0.15, 0.2) is 24.3 Å². The molecule has 0 saturated heterocycles. The summed E-state index contributed by atoms with van der Waals surface area (Å²) in [5.74, 6) is 1.04. The van der Waals surface area contributed by atoms with Crippen LogP contribution in [-0.2, 0) is 16.1 Å². The van der Waals surface area contributed by atoms with Gasteiger partial charge >= 0.3 is 0 Å². The number of ketones is 1. The maximum Gasteiger partial charge on any atom is 0.226 e. The molecule has 5 heteroatoms. The van der Waals surface area contributed by atoms with Gasteiger partial charge in [-0.15, -0.1) is 0 Å². The molecule has 1 aromatic heterocycles. The van der Waals surface area contributed by atoms with E-state index >= 15 is 0 Å². The number of aromatic nitrogens is 2. The van der Waals surface area contributed by atoms with Crippen molar-refractivity contribution in [1.29, 1.82) is 0 Å². The quantitative estimate of drug-likeness (QED) is 0.870. The number of hydrogen-bond donors (Lipinski definition) is 0. The molecule has 5 nitrogen and oxygen atoms in total. The van der Waals surface area contributed by atoms with Crippen LogP contribution in [0.1, 0.15) is 37.7 Å². The van der Waals surface area contributed by atoms with E-state index in [9.17, 15) is 9.59 Å². The van der Waals surface area contributed by atoms with Gasteiger partial charge in [0, 0.05) is 36.9 Å². The molecule has 2 atom stereocenters. The summed E-state index contributed by atoms with van der Waals surface area (Å²) in [5, 5.41) is 1.04. The number of carbonyl (C=O) groups excluding carboxylic acids is 2. The largest absolute Gasteiger partial charge is 0.338 e. The molecule has 1 aliphatic rings. The Morgan fingerprint density at radius 1 is 1.29 bits per heavy atom. The number of carbonyl (C=O) groups is 2. The second kappa shape index (κ2) is 6.67. The van der Waals surface area contributed by atoms with Gasteiger partial charge in [0.25, 0.3) is 0 Å². The Bertz CT molecular complexity index is 787. The predicted octanol–water partition coefficient (Wildman–Crippen LogP) is 2.90. The van der Waals surface area contributed by atoms with Crippen molar-refractivity contribution in [1.82, 2.24) is 14.9 Å². The fourth-order valence-electron chi connectivity index (χ4n) is 3.51. The molecule has 1 heterocycles. The minimum absolute atomic E-state index is 0.0748. The number of hydrogen-bond acceptors (Lipinski definition) is 4. The molecule has 0 bridgehead atoms. The molecule has 1 fully saturated rings. The van der Waals surface area contributed by atoms with Gasteiger partial charge in [0.15, 0.2) is 0 Å². The van der Waals surface area contributed by atoms with Crippen molar-refractivity contribution in [3.63, 3.8) is 0 Å². The van der Waals surface area contributed by atoms with Gasteiger partial charge in [-0.2, -0.15) is 0 Å². The summed E-state index contributed by atoms with van der Waals surface area (Å²) in [6.45, 7) is 4.34. The van der Waals surface area contributed by atoms with Crippen molar-refractivity contribution in [2.45, 2.75) is 39.7 Å². The molecule has 0 aliphatic heterocycles. The highest BCUT2D eigenvalue weighted by atomic mass is 16.2. The van der Waals surface area contributed by atoms with Gasteiger partial charge in [-0.3, -0.25) is 9.59 Å². The Morgan fingerprint density at radius 3 is 2.79 bits per heavy atom. The van der Waals surface area contributed by atoms with E-state index < -0.39 is 0 Å². The van der Waals surface area contributed by atoms with E-state index in [1.54, 1.807) is 11.9 Å². The molecule has 2 aromatic rings. The van der Waals surface area contributed by atoms with Gasteiger partial charge in [-0.05, 0) is 25.3 Å². The van der Waals surface area contributed by atoms with E-state index in [0.717, 1.165) is 16.6 Å². The molecule has 24 heavy (non-hydrogen) atoms. The maximum absolute atomic E-state index is 12.7. The predicted molar refractivity (Wildman–Crippen MR) is 92.3 cm³/mol. The second-order valence-corrected chi connectivity index (χ2v) is 6.80. The fourth-order valence-corrected chi connectivity index (χ4v) is 3.51. The van der Waals surface area contributed by atoms with Gasteiger partial charge in [0.05, 0.1) is 12.1 Å². The fraction of sp³-hybridized carbons (Fsp3) is 0.474. The van der Waals surface area contributed by atoms with Gasteiger partial charge in [-0.25, -0.2) is 9.97 Å². The molecule has 0 radical (unpaired) electrons. The van der Waals surface area contributed by atoms with E-state index in [1.165, 1.54) is 0 Å². The summed E-state index contributed by atoms with van der Waals surface area (Å²) in [6, 6.07) is 7.89. The van der Waals surface area contributed by atoms with Crippen LogP contribution < -0.4 is 0 Å². The third-order valence-electron chi connectivity index (χ3n) is 4.88. The molecule has 126 valence electrons. The van der Waals surface area contributed by atoms with Crippen LogP contribution in [0.2, 0.25) is 0 Å². The van der Waals surface area contributed by atoms with Crippen molar-refractivity contribution >= 4 is 22.6 Å². The van der Waals surface area contributed by atoms with Crippen LogP contribution in [0.5, 0.6) is 0 Å². The van der Waals surface area contributed by atoms with Crippen LogP contribution in [0.4, 0.5) is 0 Å². The molecular weight excluding hydrogens is 302 g/mol. The maximum atomic E-state index is 12.7. The van der Waals surface area contributed by atoms with Crippen LogP contribution in [0, 0.1) is 18.8 Å². The van der Waals surface area contributed by atoms with Gasteiger partial charge in [-0.1, -0.05) is 25.1 Å². The van der Waals surface area contributed by atoms with Crippen LogP contribution in [0.25, 0.3) is 10.9 Å². The zero-order chi connectivity index (χ0) is 17.3. The van der Waals surface area contributed by atoms with Crippen LogP contribution in [0.3, 0.4) is 0 Å². The zero-order valence-electron chi connectivity index (χ0n) is 14.5. The second-order valence-electron chi connectivity index (χ2n) is 6.80. The Kier molecular flexibility index (Phi) is 4.60. The summed E-state index contributed by atoms with van der Waals surface area (Å²) >= 11 is 0. The number of benzene rings is 1. The molecule has 1 aromatic carbocycles. The Labute approximate surface area is 142 Å². The van der Waals surface area contributed by atoms with E-state index in [4.69, 9.17) is 0 Å². The Balaban J connectivity index is 1.75. The topological polar surface area (TPSA) is 63.2 Å². The lowest BCUT2D eigenvalue weighted by Gasteiger charge is -2.30. The molecule has 0 unspecified atom stereocenters. The summed E-state index contributed by atoms with van der Waals surface area (Å²) in [4.78, 5) is 35.1. The minimum atomic E-state index is -0.0748. The van der Waals surface area contributed by atoms with E-state index in [0.29, 0.717) is 31.6 Å². The highest BCUT2D eigenvalue weighted by molar-refractivity contribution is 5.85. The first-order chi connectivity index (χ1) is 11.5. The standard InChI is InChI=1S/C19H23N3O2/c1-12-10-14(23)8-9-15(12)19(24)22(3)11-18-20-13(2)16-6-4-5-7-17(16)21-18/h4-7,12,15H,8-11H2,1-3H3/t12-,15-/m0/s1. The van der Waals surface area contributed by atoms with Crippen molar-refractivity contribution in [3.05, 3.63) is 35.8 Å². The van der Waals surface area contributed by atoms with E-state index in [1.807, 2.05) is 38.1 Å².